The Kier molecular flexibility index (Phi) is 4.04. The van der Waals surface area contributed by atoms with Crippen LogP contribution in [0.15, 0.2) is 18.2 Å². The number of amides is 1. The fourth-order valence-electron chi connectivity index (χ4n) is 2.46. The average molecular weight is 265 g/mol. The summed E-state index contributed by atoms with van der Waals surface area (Å²) in [5.74, 6) is -0.783. The second kappa shape index (κ2) is 5.57. The first-order valence-corrected chi connectivity index (χ1v) is 6.50. The molecule has 1 aliphatic rings. The van der Waals surface area contributed by atoms with E-state index in [1.165, 1.54) is 12.1 Å². The normalized spacial score (nSPS) is 16.9. The minimum absolute atomic E-state index is 0.109. The van der Waals surface area contributed by atoms with Gasteiger partial charge in [0.25, 0.3) is 5.91 Å². The predicted octanol–water partition coefficient (Wildman–Crippen LogP) is 1.57. The molecule has 0 saturated carbocycles. The number of carbonyl (C=O) groups is 1. The Morgan fingerprint density at radius 3 is 2.53 bits per heavy atom. The van der Waals surface area contributed by atoms with Gasteiger partial charge in [-0.1, -0.05) is 0 Å². The maximum Gasteiger partial charge on any atom is 0.256 e. The third-order valence-corrected chi connectivity index (χ3v) is 3.71. The zero-order valence-electron chi connectivity index (χ0n) is 11.4. The van der Waals surface area contributed by atoms with Gasteiger partial charge in [0, 0.05) is 24.8 Å². The van der Waals surface area contributed by atoms with Gasteiger partial charge in [-0.15, -0.1) is 0 Å². The molecule has 0 radical (unpaired) electrons. The molecular weight excluding hydrogens is 245 g/mol. The number of halogens is 1. The number of rotatable bonds is 2. The Morgan fingerprint density at radius 1 is 1.37 bits per heavy atom. The molecule has 1 saturated heterocycles. The fourth-order valence-corrected chi connectivity index (χ4v) is 2.46. The van der Waals surface area contributed by atoms with Crippen LogP contribution in [-0.2, 0) is 0 Å². The predicted molar refractivity (Wildman–Crippen MR) is 73.4 cm³/mol. The van der Waals surface area contributed by atoms with E-state index in [1.807, 2.05) is 14.1 Å². The SMILES string of the molecule is CN(C)C1CCN(C(=O)c2ccc(N)cc2F)CC1. The number of nitrogens with zero attached hydrogens (tertiary/aromatic N) is 2. The van der Waals surface area contributed by atoms with E-state index >= 15 is 0 Å². The summed E-state index contributed by atoms with van der Waals surface area (Å²) in [5, 5.41) is 0. The second-order valence-electron chi connectivity index (χ2n) is 5.23. The molecule has 0 aromatic heterocycles. The molecule has 1 heterocycles. The lowest BCUT2D eigenvalue weighted by molar-refractivity contribution is 0.0659. The number of carbonyl (C=O) groups excluding carboxylic acids is 1. The van der Waals surface area contributed by atoms with E-state index in [2.05, 4.69) is 4.90 Å². The van der Waals surface area contributed by atoms with Crippen molar-refractivity contribution in [2.45, 2.75) is 18.9 Å². The Labute approximate surface area is 113 Å². The highest BCUT2D eigenvalue weighted by atomic mass is 19.1. The number of nitrogens with two attached hydrogens (primary N) is 1. The van der Waals surface area contributed by atoms with Gasteiger partial charge in [-0.05, 0) is 45.1 Å². The second-order valence-corrected chi connectivity index (χ2v) is 5.23. The van der Waals surface area contributed by atoms with E-state index in [1.54, 1.807) is 11.0 Å². The molecule has 1 aromatic rings. The quantitative estimate of drug-likeness (QED) is 0.826. The molecule has 0 unspecified atom stereocenters. The molecule has 4 nitrogen and oxygen atoms in total. The number of piperidine rings is 1. The number of nitrogen functional groups attached to an aromatic ring is 1. The van der Waals surface area contributed by atoms with Crippen molar-refractivity contribution in [1.82, 2.24) is 9.80 Å². The third-order valence-electron chi connectivity index (χ3n) is 3.71. The molecule has 2 rings (SSSR count). The third kappa shape index (κ3) is 3.04. The Bertz CT molecular complexity index is 468. The average Bonchev–Trinajstić information content (AvgIpc) is 2.38. The van der Waals surface area contributed by atoms with Crippen LogP contribution >= 0.6 is 0 Å². The van der Waals surface area contributed by atoms with E-state index in [9.17, 15) is 9.18 Å². The molecule has 0 atom stereocenters. The molecule has 0 bridgehead atoms. The van der Waals surface area contributed by atoms with Crippen LogP contribution in [0.3, 0.4) is 0 Å². The summed E-state index contributed by atoms with van der Waals surface area (Å²) in [7, 11) is 4.09. The minimum Gasteiger partial charge on any atom is -0.399 e. The summed E-state index contributed by atoms with van der Waals surface area (Å²) in [6.45, 7) is 1.34. The van der Waals surface area contributed by atoms with Crippen molar-refractivity contribution in [3.63, 3.8) is 0 Å². The van der Waals surface area contributed by atoms with Crippen LogP contribution in [0, 0.1) is 5.82 Å². The molecule has 0 aliphatic carbocycles. The summed E-state index contributed by atoms with van der Waals surface area (Å²) >= 11 is 0. The van der Waals surface area contributed by atoms with Gasteiger partial charge < -0.3 is 15.5 Å². The summed E-state index contributed by atoms with van der Waals surface area (Å²) < 4.78 is 13.7. The van der Waals surface area contributed by atoms with E-state index in [4.69, 9.17) is 5.73 Å². The zero-order valence-corrected chi connectivity index (χ0v) is 11.4. The Morgan fingerprint density at radius 2 is 2.00 bits per heavy atom. The molecule has 0 spiro atoms. The molecular formula is C14H20FN3O. The number of hydrogen-bond donors (Lipinski definition) is 1. The van der Waals surface area contributed by atoms with E-state index in [0.717, 1.165) is 12.8 Å². The lowest BCUT2D eigenvalue weighted by Crippen LogP contribution is -2.44. The van der Waals surface area contributed by atoms with Gasteiger partial charge in [-0.25, -0.2) is 4.39 Å². The molecule has 1 fully saturated rings. The minimum atomic E-state index is -0.542. The number of hydrogen-bond acceptors (Lipinski definition) is 3. The van der Waals surface area contributed by atoms with Gasteiger partial charge >= 0.3 is 0 Å². The molecule has 104 valence electrons. The Balaban J connectivity index is 2.05. The largest absolute Gasteiger partial charge is 0.399 e. The smallest absolute Gasteiger partial charge is 0.256 e. The number of likely N-dealkylation sites (tertiary alicyclic amines) is 1. The van der Waals surface area contributed by atoms with Crippen LogP contribution < -0.4 is 5.73 Å². The topological polar surface area (TPSA) is 49.6 Å². The van der Waals surface area contributed by atoms with Crippen molar-refractivity contribution < 1.29 is 9.18 Å². The van der Waals surface area contributed by atoms with Crippen LogP contribution in [-0.4, -0.2) is 48.9 Å². The van der Waals surface area contributed by atoms with Crippen molar-refractivity contribution in [2.75, 3.05) is 32.9 Å². The fraction of sp³-hybridized carbons (Fsp3) is 0.500. The van der Waals surface area contributed by atoms with Gasteiger partial charge in [-0.3, -0.25) is 4.79 Å². The molecule has 5 heteroatoms. The summed E-state index contributed by atoms with van der Waals surface area (Å²) in [6, 6.07) is 4.72. The van der Waals surface area contributed by atoms with Gasteiger partial charge in [-0.2, -0.15) is 0 Å². The highest BCUT2D eigenvalue weighted by Gasteiger charge is 2.25. The maximum atomic E-state index is 13.7. The van der Waals surface area contributed by atoms with Gasteiger partial charge in [0.1, 0.15) is 5.82 Å². The molecule has 1 aliphatic heterocycles. The highest BCUT2D eigenvalue weighted by molar-refractivity contribution is 5.94. The van der Waals surface area contributed by atoms with Crippen LogP contribution in [0.2, 0.25) is 0 Å². The highest BCUT2D eigenvalue weighted by Crippen LogP contribution is 2.19. The van der Waals surface area contributed by atoms with E-state index in [-0.39, 0.29) is 11.5 Å². The van der Waals surface area contributed by atoms with Crippen molar-refractivity contribution in [2.24, 2.45) is 0 Å². The van der Waals surface area contributed by atoms with Crippen LogP contribution in [0.5, 0.6) is 0 Å². The lowest BCUT2D eigenvalue weighted by Gasteiger charge is -2.35. The van der Waals surface area contributed by atoms with Crippen molar-refractivity contribution in [1.29, 1.82) is 0 Å². The van der Waals surface area contributed by atoms with E-state index in [0.29, 0.717) is 24.8 Å². The maximum absolute atomic E-state index is 13.7. The first-order valence-electron chi connectivity index (χ1n) is 6.50. The van der Waals surface area contributed by atoms with Crippen LogP contribution in [0.25, 0.3) is 0 Å². The van der Waals surface area contributed by atoms with E-state index < -0.39 is 5.82 Å². The summed E-state index contributed by atoms with van der Waals surface area (Å²) in [4.78, 5) is 16.1. The van der Waals surface area contributed by atoms with Crippen molar-refractivity contribution in [3.8, 4) is 0 Å². The first kappa shape index (κ1) is 13.8. The van der Waals surface area contributed by atoms with Crippen LogP contribution in [0.4, 0.5) is 10.1 Å². The Hall–Kier alpha value is -1.62. The lowest BCUT2D eigenvalue weighted by atomic mass is 10.0. The molecule has 19 heavy (non-hydrogen) atoms. The monoisotopic (exact) mass is 265 g/mol. The number of benzene rings is 1. The first-order chi connectivity index (χ1) is 8.99. The molecule has 1 aromatic carbocycles. The molecule has 1 amide bonds. The van der Waals surface area contributed by atoms with Gasteiger partial charge in [0.2, 0.25) is 0 Å². The van der Waals surface area contributed by atoms with Crippen LogP contribution in [0.1, 0.15) is 23.2 Å². The van der Waals surface area contributed by atoms with Crippen molar-refractivity contribution in [3.05, 3.63) is 29.6 Å². The summed E-state index contributed by atoms with van der Waals surface area (Å²) in [6.07, 6.45) is 1.85. The molecule has 2 N–H and O–H groups in total. The van der Waals surface area contributed by atoms with Crippen molar-refractivity contribution >= 4 is 11.6 Å². The standard InChI is InChI=1S/C14H20FN3O/c1-17(2)11-5-7-18(8-6-11)14(19)12-4-3-10(16)9-13(12)15/h3-4,9,11H,5-8,16H2,1-2H3. The van der Waals surface area contributed by atoms with Gasteiger partial charge in [0.15, 0.2) is 0 Å². The summed E-state index contributed by atoms with van der Waals surface area (Å²) in [5.41, 5.74) is 5.93. The number of anilines is 1. The van der Waals surface area contributed by atoms with Gasteiger partial charge in [0.05, 0.1) is 5.56 Å². The zero-order chi connectivity index (χ0) is 14.0.